The average molecular weight is 515 g/mol. The van der Waals surface area contributed by atoms with E-state index >= 15 is 0 Å². The van der Waals surface area contributed by atoms with Crippen LogP contribution in [0.2, 0.25) is 5.02 Å². The first-order valence-electron chi connectivity index (χ1n) is 10.8. The molecule has 1 N–H and O–H groups in total. The largest absolute Gasteiger partial charge is 0.481 e. The Morgan fingerprint density at radius 1 is 1.03 bits per heavy atom. The van der Waals surface area contributed by atoms with Crippen LogP contribution < -0.4 is 0 Å². The summed E-state index contributed by atoms with van der Waals surface area (Å²) in [6.45, 7) is 0. The van der Waals surface area contributed by atoms with Gasteiger partial charge in [-0.05, 0) is 41.5 Å². The number of halogens is 1. The second kappa shape index (κ2) is 12.8. The van der Waals surface area contributed by atoms with Crippen molar-refractivity contribution < 1.29 is 14.7 Å². The molecule has 3 rings (SSSR count). The van der Waals surface area contributed by atoms with Gasteiger partial charge < -0.3 is 10.0 Å². The van der Waals surface area contributed by atoms with Crippen LogP contribution in [0.1, 0.15) is 34.2 Å². The highest BCUT2D eigenvalue weighted by Gasteiger charge is 2.15. The van der Waals surface area contributed by atoms with E-state index < -0.39 is 5.97 Å². The van der Waals surface area contributed by atoms with Gasteiger partial charge in [-0.25, -0.2) is 4.98 Å². The lowest BCUT2D eigenvalue weighted by atomic mass is 10.1. The topological polar surface area (TPSA) is 70.5 Å². The summed E-state index contributed by atoms with van der Waals surface area (Å²) in [5.41, 5.74) is 3.81. The molecule has 5 nitrogen and oxygen atoms in total. The summed E-state index contributed by atoms with van der Waals surface area (Å²) < 4.78 is 0.0450. The molecule has 0 saturated carbocycles. The van der Waals surface area contributed by atoms with E-state index in [2.05, 4.69) is 11.1 Å². The molecular weight excluding hydrogens is 488 g/mol. The normalized spacial score (nSPS) is 12.2. The zero-order valence-corrected chi connectivity index (χ0v) is 21.5. The SMILES string of the molecule is CN(C)C(=O)CCS[C@H](SCCC(=O)O)c1cccc(C=Cc2ccc3ccc(Cl)cc3n2)c1. The quantitative estimate of drug-likeness (QED) is 0.295. The first kappa shape index (κ1) is 26.1. The lowest BCUT2D eigenvalue weighted by Crippen LogP contribution is -2.21. The van der Waals surface area contributed by atoms with E-state index in [0.717, 1.165) is 27.7 Å². The maximum Gasteiger partial charge on any atom is 0.304 e. The molecule has 0 aliphatic rings. The third-order valence-corrected chi connectivity index (χ3v) is 8.06. The Labute approximate surface area is 213 Å². The van der Waals surface area contributed by atoms with Gasteiger partial charge in [-0.15, -0.1) is 23.5 Å². The predicted octanol–water partition coefficient (Wildman–Crippen LogP) is 6.48. The van der Waals surface area contributed by atoms with Crippen LogP contribution in [0.3, 0.4) is 0 Å². The van der Waals surface area contributed by atoms with Gasteiger partial charge in [-0.2, -0.15) is 0 Å². The number of rotatable bonds is 11. The van der Waals surface area contributed by atoms with Crippen LogP contribution in [-0.4, -0.2) is 52.5 Å². The van der Waals surface area contributed by atoms with E-state index in [1.54, 1.807) is 42.5 Å². The van der Waals surface area contributed by atoms with Gasteiger partial charge in [0.2, 0.25) is 5.91 Å². The van der Waals surface area contributed by atoms with Crippen molar-refractivity contribution in [3.8, 4) is 0 Å². The minimum atomic E-state index is -0.806. The van der Waals surface area contributed by atoms with Crippen LogP contribution in [0.25, 0.3) is 23.1 Å². The number of carbonyl (C=O) groups excluding carboxylic acids is 1. The molecule has 0 unspecified atom stereocenters. The lowest BCUT2D eigenvalue weighted by molar-refractivity contribution is -0.136. The van der Waals surface area contributed by atoms with E-state index in [0.29, 0.717) is 22.9 Å². The van der Waals surface area contributed by atoms with Gasteiger partial charge in [-0.1, -0.05) is 48.0 Å². The number of benzene rings is 2. The lowest BCUT2D eigenvalue weighted by Gasteiger charge is -2.18. The van der Waals surface area contributed by atoms with Crippen LogP contribution in [0.15, 0.2) is 54.6 Å². The fourth-order valence-corrected chi connectivity index (χ4v) is 5.98. The Hall–Kier alpha value is -2.48. The Morgan fingerprint density at radius 2 is 1.76 bits per heavy atom. The van der Waals surface area contributed by atoms with Crippen molar-refractivity contribution in [2.75, 3.05) is 25.6 Å². The zero-order chi connectivity index (χ0) is 24.5. The molecule has 0 saturated heterocycles. The van der Waals surface area contributed by atoms with E-state index in [1.165, 1.54) is 0 Å². The van der Waals surface area contributed by atoms with Gasteiger partial charge >= 0.3 is 5.97 Å². The first-order chi connectivity index (χ1) is 16.3. The third kappa shape index (κ3) is 8.08. The average Bonchev–Trinajstić information content (AvgIpc) is 2.81. The van der Waals surface area contributed by atoms with Gasteiger partial charge in [0.05, 0.1) is 22.2 Å². The highest BCUT2D eigenvalue weighted by atomic mass is 35.5. The number of aromatic nitrogens is 1. The van der Waals surface area contributed by atoms with Crippen LogP contribution in [0, 0.1) is 0 Å². The summed E-state index contributed by atoms with van der Waals surface area (Å²) in [7, 11) is 3.50. The van der Waals surface area contributed by atoms with Crippen molar-refractivity contribution in [3.05, 3.63) is 76.4 Å². The summed E-state index contributed by atoms with van der Waals surface area (Å²) >= 11 is 9.37. The number of carboxylic acids is 1. The molecule has 0 fully saturated rings. The van der Waals surface area contributed by atoms with E-state index in [4.69, 9.17) is 16.7 Å². The Bertz CT molecular complexity index is 1180. The van der Waals surface area contributed by atoms with Crippen molar-refractivity contribution in [1.29, 1.82) is 0 Å². The van der Waals surface area contributed by atoms with Gasteiger partial charge in [-0.3, -0.25) is 9.59 Å². The molecule has 34 heavy (non-hydrogen) atoms. The van der Waals surface area contributed by atoms with Gasteiger partial charge in [0.1, 0.15) is 0 Å². The summed E-state index contributed by atoms with van der Waals surface area (Å²) in [6.07, 6.45) is 4.54. The number of thioether (sulfide) groups is 2. The molecule has 178 valence electrons. The molecular formula is C26H27ClN2O3S2. The van der Waals surface area contributed by atoms with Crippen LogP contribution in [-0.2, 0) is 9.59 Å². The van der Waals surface area contributed by atoms with E-state index in [-0.39, 0.29) is 16.9 Å². The minimum absolute atomic E-state index is 0.0450. The first-order valence-corrected chi connectivity index (χ1v) is 13.3. The molecule has 0 bridgehead atoms. The molecule has 0 spiro atoms. The standard InChI is InChI=1S/C26H27ClN2O3S2/c1-29(2)24(30)12-14-33-26(34-15-13-25(31)32)20-5-3-4-18(16-20)6-10-22-11-8-19-7-9-21(27)17-23(19)28-22/h3-11,16-17,26H,12-15H2,1-2H3,(H,31,32)/t26-/m1/s1. The number of hydrogen-bond acceptors (Lipinski definition) is 5. The van der Waals surface area contributed by atoms with Gasteiger partial charge in [0.15, 0.2) is 0 Å². The molecule has 1 aromatic heterocycles. The molecule has 0 aliphatic carbocycles. The number of fused-ring (bicyclic) bond motifs is 1. The van der Waals surface area contributed by atoms with Crippen molar-refractivity contribution in [1.82, 2.24) is 9.88 Å². The fraction of sp³-hybridized carbons (Fsp3) is 0.269. The zero-order valence-electron chi connectivity index (χ0n) is 19.1. The second-order valence-electron chi connectivity index (χ2n) is 7.83. The van der Waals surface area contributed by atoms with Gasteiger partial charge in [0.25, 0.3) is 0 Å². The fourth-order valence-electron chi connectivity index (χ4n) is 3.16. The molecule has 8 heteroatoms. The molecule has 1 heterocycles. The highest BCUT2D eigenvalue weighted by molar-refractivity contribution is 8.16. The molecule has 3 aromatic rings. The molecule has 0 radical (unpaired) electrons. The Kier molecular flexibility index (Phi) is 9.86. The Morgan fingerprint density at radius 3 is 2.50 bits per heavy atom. The number of carboxylic acid groups (broad SMARTS) is 1. The Balaban J connectivity index is 1.74. The molecule has 2 aromatic carbocycles. The molecule has 0 aliphatic heterocycles. The minimum Gasteiger partial charge on any atom is -0.481 e. The van der Waals surface area contributed by atoms with Crippen LogP contribution >= 0.6 is 35.1 Å². The number of aliphatic carboxylic acids is 1. The number of pyridine rings is 1. The summed E-state index contributed by atoms with van der Waals surface area (Å²) in [6, 6.07) is 17.8. The monoisotopic (exact) mass is 514 g/mol. The third-order valence-electron chi connectivity index (χ3n) is 4.97. The van der Waals surface area contributed by atoms with Crippen molar-refractivity contribution in [2.24, 2.45) is 0 Å². The number of carbonyl (C=O) groups is 2. The summed E-state index contributed by atoms with van der Waals surface area (Å²) in [4.78, 5) is 29.2. The van der Waals surface area contributed by atoms with Crippen molar-refractivity contribution >= 4 is 70.1 Å². The number of amides is 1. The maximum atomic E-state index is 11.9. The molecule has 1 atom stereocenters. The van der Waals surface area contributed by atoms with Crippen LogP contribution in [0.4, 0.5) is 0 Å². The number of hydrogen-bond donors (Lipinski definition) is 1. The van der Waals surface area contributed by atoms with E-state index in [9.17, 15) is 9.59 Å². The predicted molar refractivity (Wildman–Crippen MR) is 145 cm³/mol. The summed E-state index contributed by atoms with van der Waals surface area (Å²) in [5, 5.41) is 10.7. The van der Waals surface area contributed by atoms with Crippen LogP contribution in [0.5, 0.6) is 0 Å². The van der Waals surface area contributed by atoms with Crippen molar-refractivity contribution in [2.45, 2.75) is 17.4 Å². The molecule has 1 amide bonds. The van der Waals surface area contributed by atoms with E-state index in [1.807, 2.05) is 60.7 Å². The van der Waals surface area contributed by atoms with Crippen molar-refractivity contribution in [3.63, 3.8) is 0 Å². The highest BCUT2D eigenvalue weighted by Crippen LogP contribution is 2.40. The smallest absolute Gasteiger partial charge is 0.304 e. The second-order valence-corrected chi connectivity index (χ2v) is 11.0. The summed E-state index contributed by atoms with van der Waals surface area (Å²) in [5.74, 6) is 0.464. The maximum absolute atomic E-state index is 11.9. The number of nitrogens with zero attached hydrogens (tertiary/aromatic N) is 2. The van der Waals surface area contributed by atoms with Gasteiger partial charge in [0, 0.05) is 42.4 Å².